The first-order valence-electron chi connectivity index (χ1n) is 4.45. The predicted octanol–water partition coefficient (Wildman–Crippen LogP) is 2.35. The minimum absolute atomic E-state index is 0.0964. The van der Waals surface area contributed by atoms with Crippen LogP contribution >= 0.6 is 15.9 Å². The molecule has 0 radical (unpaired) electrons. The van der Waals surface area contributed by atoms with E-state index in [1.54, 1.807) is 13.1 Å². The minimum atomic E-state index is -0.146. The Morgan fingerprint density at radius 3 is 2.87 bits per heavy atom. The maximum absolute atomic E-state index is 11.9. The summed E-state index contributed by atoms with van der Waals surface area (Å²) < 4.78 is 0.791. The molecule has 0 heterocycles. The highest BCUT2D eigenvalue weighted by molar-refractivity contribution is 9.10. The number of hydrogen-bond donors (Lipinski definition) is 0. The highest BCUT2D eigenvalue weighted by Crippen LogP contribution is 2.21. The van der Waals surface area contributed by atoms with Gasteiger partial charge in [-0.1, -0.05) is 12.1 Å². The number of carbonyl (C=O) groups excluding carboxylic acids is 1. The summed E-state index contributed by atoms with van der Waals surface area (Å²) >= 11 is 3.37. The molecule has 0 aromatic heterocycles. The third kappa shape index (κ3) is 2.57. The lowest BCUT2D eigenvalue weighted by molar-refractivity contribution is 0.0811. The molecule has 0 saturated carbocycles. The molecule has 15 heavy (non-hydrogen) atoms. The summed E-state index contributed by atoms with van der Waals surface area (Å²) in [6.07, 6.45) is 0. The maximum Gasteiger partial charge on any atom is 0.255 e. The average Bonchev–Trinajstić information content (AvgIpc) is 2.21. The van der Waals surface area contributed by atoms with Crippen molar-refractivity contribution >= 4 is 21.8 Å². The molecule has 0 aliphatic rings. The van der Waals surface area contributed by atoms with Crippen LogP contribution in [0.15, 0.2) is 22.7 Å². The third-order valence-corrected chi connectivity index (χ3v) is 3.13. The molecule has 0 bridgehead atoms. The first kappa shape index (κ1) is 11.7. The van der Waals surface area contributed by atoms with Crippen LogP contribution in [0.25, 0.3) is 0 Å². The second-order valence-electron chi connectivity index (χ2n) is 3.26. The quantitative estimate of drug-likeness (QED) is 0.772. The Kier molecular flexibility index (Phi) is 3.87. The Bertz CT molecular complexity index is 423. The summed E-state index contributed by atoms with van der Waals surface area (Å²) in [6, 6.07) is 7.43. The van der Waals surface area contributed by atoms with E-state index >= 15 is 0 Å². The van der Waals surface area contributed by atoms with Gasteiger partial charge in [0.05, 0.1) is 11.6 Å². The van der Waals surface area contributed by atoms with Gasteiger partial charge in [-0.2, -0.15) is 5.26 Å². The van der Waals surface area contributed by atoms with E-state index in [0.717, 1.165) is 10.0 Å². The molecule has 1 aromatic carbocycles. The molecule has 1 amide bonds. The fourth-order valence-electron chi connectivity index (χ4n) is 1.20. The molecule has 0 N–H and O–H groups in total. The van der Waals surface area contributed by atoms with Crippen LogP contribution in [0.4, 0.5) is 0 Å². The number of carbonyl (C=O) groups is 1. The van der Waals surface area contributed by atoms with Crippen LogP contribution in [0.1, 0.15) is 15.9 Å². The lowest BCUT2D eigenvalue weighted by Crippen LogP contribution is -2.27. The van der Waals surface area contributed by atoms with E-state index in [-0.39, 0.29) is 12.5 Å². The maximum atomic E-state index is 11.9. The van der Waals surface area contributed by atoms with Crippen molar-refractivity contribution in [1.29, 1.82) is 5.26 Å². The molecule has 0 aliphatic heterocycles. The van der Waals surface area contributed by atoms with E-state index in [4.69, 9.17) is 5.26 Å². The topological polar surface area (TPSA) is 44.1 Å². The van der Waals surface area contributed by atoms with Crippen LogP contribution in [0.2, 0.25) is 0 Å². The molecule has 0 fully saturated rings. The Balaban J connectivity index is 3.02. The molecule has 0 atom stereocenters. The van der Waals surface area contributed by atoms with Gasteiger partial charge in [-0.05, 0) is 34.5 Å². The first-order valence-corrected chi connectivity index (χ1v) is 5.24. The third-order valence-electron chi connectivity index (χ3n) is 2.08. The first-order chi connectivity index (χ1) is 7.07. The summed E-state index contributed by atoms with van der Waals surface area (Å²) in [5, 5.41) is 8.50. The molecule has 4 heteroatoms. The highest BCUT2D eigenvalue weighted by Gasteiger charge is 2.14. The van der Waals surface area contributed by atoms with E-state index in [1.165, 1.54) is 4.90 Å². The van der Waals surface area contributed by atoms with E-state index in [2.05, 4.69) is 15.9 Å². The Morgan fingerprint density at radius 1 is 1.60 bits per heavy atom. The number of nitrogens with zero attached hydrogens (tertiary/aromatic N) is 2. The number of hydrogen-bond acceptors (Lipinski definition) is 2. The summed E-state index contributed by atoms with van der Waals surface area (Å²) in [6.45, 7) is 2.02. The zero-order valence-electron chi connectivity index (χ0n) is 8.62. The Morgan fingerprint density at radius 2 is 2.27 bits per heavy atom. The van der Waals surface area contributed by atoms with Crippen molar-refractivity contribution < 1.29 is 4.79 Å². The van der Waals surface area contributed by atoms with Crippen molar-refractivity contribution in [3.63, 3.8) is 0 Å². The molecule has 0 spiro atoms. The zero-order chi connectivity index (χ0) is 11.4. The summed E-state index contributed by atoms with van der Waals surface area (Å²) in [7, 11) is 1.61. The number of halogens is 1. The number of aryl methyl sites for hydroxylation is 1. The lowest BCUT2D eigenvalue weighted by atomic mass is 10.1. The largest absolute Gasteiger partial charge is 0.328 e. The normalized spacial score (nSPS) is 9.47. The smallest absolute Gasteiger partial charge is 0.255 e. The second kappa shape index (κ2) is 4.94. The minimum Gasteiger partial charge on any atom is -0.328 e. The molecular weight excluding hydrogens is 256 g/mol. The molecular formula is C11H11BrN2O. The monoisotopic (exact) mass is 266 g/mol. The van der Waals surface area contributed by atoms with E-state index < -0.39 is 0 Å². The summed E-state index contributed by atoms with van der Waals surface area (Å²) in [5.41, 5.74) is 1.60. The van der Waals surface area contributed by atoms with Gasteiger partial charge in [0.25, 0.3) is 5.91 Å². The van der Waals surface area contributed by atoms with Gasteiger partial charge in [-0.25, -0.2) is 0 Å². The van der Waals surface area contributed by atoms with Gasteiger partial charge in [0, 0.05) is 11.5 Å². The zero-order valence-corrected chi connectivity index (χ0v) is 10.2. The van der Waals surface area contributed by atoms with Gasteiger partial charge < -0.3 is 4.90 Å². The van der Waals surface area contributed by atoms with Crippen LogP contribution in [-0.2, 0) is 0 Å². The molecule has 78 valence electrons. The van der Waals surface area contributed by atoms with Crippen LogP contribution in [0, 0.1) is 18.3 Å². The number of rotatable bonds is 2. The molecule has 0 unspecified atom stereocenters. The van der Waals surface area contributed by atoms with Gasteiger partial charge in [0.2, 0.25) is 0 Å². The van der Waals surface area contributed by atoms with E-state index in [1.807, 2.05) is 25.1 Å². The van der Waals surface area contributed by atoms with Gasteiger partial charge in [0.1, 0.15) is 6.54 Å². The van der Waals surface area contributed by atoms with Crippen molar-refractivity contribution in [2.75, 3.05) is 13.6 Å². The van der Waals surface area contributed by atoms with Crippen molar-refractivity contribution in [2.45, 2.75) is 6.92 Å². The lowest BCUT2D eigenvalue weighted by Gasteiger charge is -2.14. The van der Waals surface area contributed by atoms with Crippen LogP contribution in [0.5, 0.6) is 0 Å². The van der Waals surface area contributed by atoms with E-state index in [9.17, 15) is 4.79 Å². The summed E-state index contributed by atoms with van der Waals surface area (Å²) in [4.78, 5) is 13.2. The van der Waals surface area contributed by atoms with Gasteiger partial charge >= 0.3 is 0 Å². The predicted molar refractivity (Wildman–Crippen MR) is 61.5 cm³/mol. The summed E-state index contributed by atoms with van der Waals surface area (Å²) in [5.74, 6) is -0.146. The van der Waals surface area contributed by atoms with Gasteiger partial charge in [0.15, 0.2) is 0 Å². The number of benzene rings is 1. The molecule has 1 rings (SSSR count). The fraction of sp³-hybridized carbons (Fsp3) is 0.273. The molecule has 3 nitrogen and oxygen atoms in total. The van der Waals surface area contributed by atoms with Crippen molar-refractivity contribution in [2.24, 2.45) is 0 Å². The van der Waals surface area contributed by atoms with Gasteiger partial charge in [-0.3, -0.25) is 4.79 Å². The highest BCUT2D eigenvalue weighted by atomic mass is 79.9. The van der Waals surface area contributed by atoms with Gasteiger partial charge in [-0.15, -0.1) is 0 Å². The Labute approximate surface area is 97.4 Å². The number of nitriles is 1. The SMILES string of the molecule is Cc1cccc(C(=O)N(C)CC#N)c1Br. The van der Waals surface area contributed by atoms with Crippen LogP contribution in [-0.4, -0.2) is 24.4 Å². The second-order valence-corrected chi connectivity index (χ2v) is 4.05. The number of amides is 1. The average molecular weight is 267 g/mol. The molecule has 0 aliphatic carbocycles. The van der Waals surface area contributed by atoms with Crippen molar-refractivity contribution in [3.05, 3.63) is 33.8 Å². The van der Waals surface area contributed by atoms with Crippen LogP contribution in [0.3, 0.4) is 0 Å². The molecule has 0 saturated heterocycles. The molecule has 1 aromatic rings. The Hall–Kier alpha value is -1.34. The van der Waals surface area contributed by atoms with Crippen molar-refractivity contribution in [1.82, 2.24) is 4.90 Å². The fourth-order valence-corrected chi connectivity index (χ4v) is 1.63. The van der Waals surface area contributed by atoms with E-state index in [0.29, 0.717) is 5.56 Å². The van der Waals surface area contributed by atoms with Crippen molar-refractivity contribution in [3.8, 4) is 6.07 Å². The van der Waals surface area contributed by atoms with Crippen LogP contribution < -0.4 is 0 Å². The standard InChI is InChI=1S/C11H11BrN2O/c1-8-4-3-5-9(10(8)12)11(15)14(2)7-6-13/h3-5H,7H2,1-2H3.